The molecule has 0 bridgehead atoms. The Hall–Kier alpha value is -1.72. The molecule has 0 spiro atoms. The van der Waals surface area contributed by atoms with E-state index in [2.05, 4.69) is 26.0 Å². The van der Waals surface area contributed by atoms with Gasteiger partial charge in [0, 0.05) is 18.6 Å². The molecule has 2 heterocycles. The van der Waals surface area contributed by atoms with Crippen molar-refractivity contribution in [3.63, 3.8) is 0 Å². The van der Waals surface area contributed by atoms with Crippen molar-refractivity contribution in [2.45, 2.75) is 6.10 Å². The number of fused-ring (bicyclic) bond motifs is 1. The highest BCUT2D eigenvalue weighted by Gasteiger charge is 2.20. The Morgan fingerprint density at radius 3 is 2.79 bits per heavy atom. The summed E-state index contributed by atoms with van der Waals surface area (Å²) in [6.45, 7) is 0. The summed E-state index contributed by atoms with van der Waals surface area (Å²) in [6.07, 6.45) is 2.65. The number of aliphatic hydroxyl groups is 1. The van der Waals surface area contributed by atoms with Gasteiger partial charge >= 0.3 is 0 Å². The number of aromatic nitrogens is 3. The molecule has 0 amide bonds. The van der Waals surface area contributed by atoms with Gasteiger partial charge in [-0.3, -0.25) is 9.67 Å². The first kappa shape index (κ1) is 12.3. The molecule has 5 heteroatoms. The molecule has 0 radical (unpaired) electrons. The van der Waals surface area contributed by atoms with E-state index in [9.17, 15) is 5.11 Å². The van der Waals surface area contributed by atoms with Crippen LogP contribution in [-0.2, 0) is 7.05 Å². The van der Waals surface area contributed by atoms with Gasteiger partial charge in [0.2, 0.25) is 0 Å². The number of halogens is 1. The predicted molar refractivity (Wildman–Crippen MR) is 76.7 cm³/mol. The zero-order valence-corrected chi connectivity index (χ0v) is 11.9. The molecule has 1 atom stereocenters. The summed E-state index contributed by atoms with van der Waals surface area (Å²) in [7, 11) is 1.81. The maximum absolute atomic E-state index is 10.6. The van der Waals surface area contributed by atoms with Crippen LogP contribution in [-0.4, -0.2) is 19.9 Å². The Balaban J connectivity index is 2.20. The zero-order valence-electron chi connectivity index (χ0n) is 10.3. The number of pyridine rings is 1. The monoisotopic (exact) mass is 317 g/mol. The smallest absolute Gasteiger partial charge is 0.122 e. The van der Waals surface area contributed by atoms with Crippen molar-refractivity contribution in [1.29, 1.82) is 0 Å². The van der Waals surface area contributed by atoms with Gasteiger partial charge in [0.25, 0.3) is 0 Å². The number of hydrogen-bond donors (Lipinski definition) is 1. The first-order valence-corrected chi connectivity index (χ1v) is 6.67. The molecule has 0 aliphatic carbocycles. The predicted octanol–water partition coefficient (Wildman–Crippen LogP) is 2.81. The number of benzene rings is 1. The minimum Gasteiger partial charge on any atom is -0.382 e. The van der Waals surface area contributed by atoms with Crippen LogP contribution in [0, 0.1) is 0 Å². The van der Waals surface area contributed by atoms with Crippen LogP contribution in [0.15, 0.2) is 47.2 Å². The van der Waals surface area contributed by atoms with E-state index >= 15 is 0 Å². The highest BCUT2D eigenvalue weighted by atomic mass is 79.9. The van der Waals surface area contributed by atoms with Crippen LogP contribution in [0.2, 0.25) is 0 Å². The Morgan fingerprint density at radius 2 is 2.05 bits per heavy atom. The van der Waals surface area contributed by atoms with Crippen LogP contribution in [0.5, 0.6) is 0 Å². The van der Waals surface area contributed by atoms with Gasteiger partial charge in [-0.15, -0.1) is 0 Å². The van der Waals surface area contributed by atoms with Gasteiger partial charge in [-0.25, -0.2) is 0 Å². The van der Waals surface area contributed by atoms with E-state index in [1.54, 1.807) is 17.1 Å². The minimum atomic E-state index is -0.741. The average Bonchev–Trinajstić information content (AvgIpc) is 2.77. The van der Waals surface area contributed by atoms with E-state index in [4.69, 9.17) is 0 Å². The Labute approximate surface area is 118 Å². The standard InChI is InChI=1S/C14H12BrN3O/c1-18-13(11(15)8-17-18)14(19)10-6-7-16-12-5-3-2-4-9(10)12/h2-8,14,19H,1H3. The number of rotatable bonds is 2. The lowest BCUT2D eigenvalue weighted by Crippen LogP contribution is -2.08. The fourth-order valence-electron chi connectivity index (χ4n) is 2.23. The van der Waals surface area contributed by atoms with Gasteiger partial charge in [0.15, 0.2) is 0 Å². The van der Waals surface area contributed by atoms with Crippen molar-refractivity contribution >= 4 is 26.8 Å². The van der Waals surface area contributed by atoms with E-state index in [0.29, 0.717) is 0 Å². The normalized spacial score (nSPS) is 12.8. The van der Waals surface area contributed by atoms with Gasteiger partial charge in [-0.2, -0.15) is 5.10 Å². The first-order chi connectivity index (χ1) is 9.18. The van der Waals surface area contributed by atoms with Crippen LogP contribution in [0.3, 0.4) is 0 Å². The van der Waals surface area contributed by atoms with Crippen molar-refractivity contribution in [1.82, 2.24) is 14.8 Å². The van der Waals surface area contributed by atoms with Gasteiger partial charge in [0.05, 0.1) is 21.9 Å². The fraction of sp³-hybridized carbons (Fsp3) is 0.143. The molecule has 0 saturated carbocycles. The Bertz CT molecular complexity index is 714. The topological polar surface area (TPSA) is 50.9 Å². The molecule has 2 aromatic heterocycles. The van der Waals surface area contributed by atoms with Crippen LogP contribution in [0.25, 0.3) is 10.9 Å². The van der Waals surface area contributed by atoms with Crippen LogP contribution in [0.4, 0.5) is 0 Å². The maximum atomic E-state index is 10.6. The van der Waals surface area contributed by atoms with Crippen molar-refractivity contribution in [3.05, 3.63) is 58.5 Å². The van der Waals surface area contributed by atoms with E-state index < -0.39 is 6.10 Å². The van der Waals surface area contributed by atoms with Crippen LogP contribution in [0.1, 0.15) is 17.4 Å². The van der Waals surface area contributed by atoms with Gasteiger partial charge in [-0.1, -0.05) is 18.2 Å². The number of aliphatic hydroxyl groups excluding tert-OH is 1. The van der Waals surface area contributed by atoms with Crippen molar-refractivity contribution in [2.75, 3.05) is 0 Å². The quantitative estimate of drug-likeness (QED) is 0.790. The third kappa shape index (κ3) is 2.05. The fourth-order valence-corrected chi connectivity index (χ4v) is 2.80. The summed E-state index contributed by atoms with van der Waals surface area (Å²) < 4.78 is 2.47. The molecule has 1 N–H and O–H groups in total. The van der Waals surface area contributed by atoms with Gasteiger partial charge in [0.1, 0.15) is 6.10 Å². The third-order valence-electron chi connectivity index (χ3n) is 3.17. The SMILES string of the molecule is Cn1ncc(Br)c1C(O)c1ccnc2ccccc12. The summed E-state index contributed by atoms with van der Waals surface area (Å²) >= 11 is 3.42. The highest BCUT2D eigenvalue weighted by molar-refractivity contribution is 9.10. The lowest BCUT2D eigenvalue weighted by Gasteiger charge is -2.14. The molecule has 3 rings (SSSR count). The Kier molecular flexibility index (Phi) is 3.08. The zero-order chi connectivity index (χ0) is 13.4. The molecule has 0 aliphatic heterocycles. The number of hydrogen-bond acceptors (Lipinski definition) is 3. The summed E-state index contributed by atoms with van der Waals surface area (Å²) in [6, 6.07) is 9.62. The first-order valence-electron chi connectivity index (χ1n) is 5.87. The molecular formula is C14H12BrN3O. The second-order valence-electron chi connectivity index (χ2n) is 4.32. The second-order valence-corrected chi connectivity index (χ2v) is 5.18. The largest absolute Gasteiger partial charge is 0.382 e. The number of para-hydroxylation sites is 1. The van der Waals surface area contributed by atoms with E-state index in [1.807, 2.05) is 37.4 Å². The molecule has 0 aliphatic rings. The van der Waals surface area contributed by atoms with Crippen LogP contribution >= 0.6 is 15.9 Å². The van der Waals surface area contributed by atoms with Gasteiger partial charge < -0.3 is 5.11 Å². The molecule has 1 aromatic carbocycles. The van der Waals surface area contributed by atoms with E-state index in [-0.39, 0.29) is 0 Å². The number of nitrogens with zero attached hydrogens (tertiary/aromatic N) is 3. The average molecular weight is 318 g/mol. The minimum absolute atomic E-state index is 0.733. The molecule has 3 aromatic rings. The van der Waals surface area contributed by atoms with E-state index in [1.165, 1.54) is 0 Å². The Morgan fingerprint density at radius 1 is 1.26 bits per heavy atom. The summed E-state index contributed by atoms with van der Waals surface area (Å²) in [5.41, 5.74) is 2.43. The summed E-state index contributed by atoms with van der Waals surface area (Å²) in [5, 5.41) is 15.7. The van der Waals surface area contributed by atoms with E-state index in [0.717, 1.165) is 26.6 Å². The molecule has 0 saturated heterocycles. The summed E-state index contributed by atoms with van der Waals surface area (Å²) in [4.78, 5) is 4.31. The van der Waals surface area contributed by atoms with Crippen molar-refractivity contribution in [2.24, 2.45) is 7.05 Å². The lowest BCUT2D eigenvalue weighted by molar-refractivity contribution is 0.210. The number of aryl methyl sites for hydroxylation is 1. The molecule has 4 nitrogen and oxygen atoms in total. The lowest BCUT2D eigenvalue weighted by atomic mass is 10.0. The van der Waals surface area contributed by atoms with Crippen molar-refractivity contribution < 1.29 is 5.11 Å². The molecule has 0 fully saturated rings. The van der Waals surface area contributed by atoms with Crippen molar-refractivity contribution in [3.8, 4) is 0 Å². The third-order valence-corrected chi connectivity index (χ3v) is 3.78. The second kappa shape index (κ2) is 4.75. The molecular weight excluding hydrogens is 306 g/mol. The maximum Gasteiger partial charge on any atom is 0.122 e. The van der Waals surface area contributed by atoms with Crippen LogP contribution < -0.4 is 0 Å². The summed E-state index contributed by atoms with van der Waals surface area (Å²) in [5.74, 6) is 0. The highest BCUT2D eigenvalue weighted by Crippen LogP contribution is 2.31. The molecule has 19 heavy (non-hydrogen) atoms. The van der Waals surface area contributed by atoms with Gasteiger partial charge in [-0.05, 0) is 33.6 Å². The molecule has 96 valence electrons. The molecule has 1 unspecified atom stereocenters.